The van der Waals surface area contributed by atoms with Crippen LogP contribution in [0.5, 0.6) is 0 Å². The highest BCUT2D eigenvalue weighted by atomic mass is 35.5. The fourth-order valence-electron chi connectivity index (χ4n) is 6.32. The molecule has 0 bridgehead atoms. The Hall–Kier alpha value is -3.16. The molecule has 2 heterocycles. The molecule has 0 atom stereocenters. The Kier molecular flexibility index (Phi) is 8.10. The smallest absolute Gasteiger partial charge is 0.345 e. The average molecular weight is 550 g/mol. The Balaban J connectivity index is 1.42. The van der Waals surface area contributed by atoms with Crippen molar-refractivity contribution in [1.29, 1.82) is 0 Å². The van der Waals surface area contributed by atoms with Gasteiger partial charge in [0.15, 0.2) is 5.60 Å². The molecule has 0 unspecified atom stereocenters. The van der Waals surface area contributed by atoms with E-state index in [1.54, 1.807) is 25.1 Å². The van der Waals surface area contributed by atoms with Crippen LogP contribution in [0.15, 0.2) is 59.1 Å². The average Bonchev–Trinajstić information content (AvgIpc) is 3.12. The molecule has 206 valence electrons. The molecule has 1 aliphatic heterocycles. The molecule has 2 N–H and O–H groups in total. The number of nitrogens with zero attached hydrogens (tertiary/aromatic N) is 2. The van der Waals surface area contributed by atoms with Crippen molar-refractivity contribution in [2.75, 3.05) is 13.1 Å². The van der Waals surface area contributed by atoms with Crippen LogP contribution in [0.2, 0.25) is 5.02 Å². The second kappa shape index (κ2) is 11.5. The van der Waals surface area contributed by atoms with Crippen LogP contribution in [0, 0.1) is 6.92 Å². The highest BCUT2D eigenvalue weighted by Crippen LogP contribution is 2.44. The summed E-state index contributed by atoms with van der Waals surface area (Å²) >= 11 is 6.39. The van der Waals surface area contributed by atoms with Crippen LogP contribution >= 0.6 is 11.6 Å². The third-order valence-electron chi connectivity index (χ3n) is 8.57. The van der Waals surface area contributed by atoms with E-state index in [1.165, 1.54) is 31.2 Å². The zero-order valence-electron chi connectivity index (χ0n) is 22.5. The van der Waals surface area contributed by atoms with Crippen LogP contribution in [0.25, 0.3) is 11.3 Å². The SMILES string of the molecule is Cc1onc(-c2ccccc2Cl)c1C(=O)OC1(C(N)=O)CCC(Cc2ccccc2)(N2CCCCCC2)CC1. The normalized spacial score (nSPS) is 24.2. The second-order valence-corrected chi connectivity index (χ2v) is 11.4. The summed E-state index contributed by atoms with van der Waals surface area (Å²) in [5.41, 5.74) is 6.74. The van der Waals surface area contributed by atoms with Gasteiger partial charge in [-0.25, -0.2) is 4.79 Å². The Morgan fingerprint density at radius 2 is 1.62 bits per heavy atom. The molecule has 2 fully saturated rings. The molecule has 1 saturated heterocycles. The number of halogens is 1. The van der Waals surface area contributed by atoms with E-state index in [1.807, 2.05) is 12.1 Å². The zero-order valence-corrected chi connectivity index (χ0v) is 23.2. The van der Waals surface area contributed by atoms with Crippen molar-refractivity contribution in [1.82, 2.24) is 10.1 Å². The molecule has 1 aromatic heterocycles. The minimum atomic E-state index is -1.40. The Morgan fingerprint density at radius 3 is 2.26 bits per heavy atom. The van der Waals surface area contributed by atoms with Crippen molar-refractivity contribution in [3.8, 4) is 11.3 Å². The first kappa shape index (κ1) is 27.4. The van der Waals surface area contributed by atoms with Crippen molar-refractivity contribution >= 4 is 23.5 Å². The van der Waals surface area contributed by atoms with E-state index in [4.69, 9.17) is 26.6 Å². The van der Waals surface area contributed by atoms with Crippen molar-refractivity contribution in [3.63, 3.8) is 0 Å². The maximum absolute atomic E-state index is 13.6. The van der Waals surface area contributed by atoms with Gasteiger partial charge in [-0.1, -0.05) is 78.1 Å². The van der Waals surface area contributed by atoms with Gasteiger partial charge in [0.05, 0.1) is 5.02 Å². The summed E-state index contributed by atoms with van der Waals surface area (Å²) in [4.78, 5) is 29.2. The number of amides is 1. The molecule has 1 aliphatic carbocycles. The first-order valence-corrected chi connectivity index (χ1v) is 14.2. The number of hydrogen-bond acceptors (Lipinski definition) is 6. The number of aryl methyl sites for hydroxylation is 1. The van der Waals surface area contributed by atoms with E-state index in [9.17, 15) is 9.59 Å². The third-order valence-corrected chi connectivity index (χ3v) is 8.90. The topological polar surface area (TPSA) is 98.7 Å². The lowest BCUT2D eigenvalue weighted by molar-refractivity contribution is -0.145. The molecule has 0 radical (unpaired) electrons. The molecule has 2 aromatic carbocycles. The van der Waals surface area contributed by atoms with Gasteiger partial charge in [-0.15, -0.1) is 0 Å². The first-order chi connectivity index (χ1) is 18.8. The number of benzene rings is 2. The number of likely N-dealkylation sites (tertiary alicyclic amines) is 1. The lowest BCUT2D eigenvalue weighted by atomic mass is 9.69. The summed E-state index contributed by atoms with van der Waals surface area (Å²) in [5, 5.41) is 4.52. The molecule has 5 rings (SSSR count). The van der Waals surface area contributed by atoms with E-state index in [-0.39, 0.29) is 11.1 Å². The van der Waals surface area contributed by atoms with Crippen LogP contribution < -0.4 is 5.73 Å². The number of nitrogens with two attached hydrogens (primary N) is 1. The molecule has 2 aliphatic rings. The number of ether oxygens (including phenoxy) is 1. The van der Waals surface area contributed by atoms with Crippen LogP contribution in [0.3, 0.4) is 0 Å². The monoisotopic (exact) mass is 549 g/mol. The number of rotatable bonds is 7. The van der Waals surface area contributed by atoms with Gasteiger partial charge in [0.25, 0.3) is 5.91 Å². The van der Waals surface area contributed by atoms with E-state index >= 15 is 0 Å². The van der Waals surface area contributed by atoms with Gasteiger partial charge in [-0.05, 0) is 76.6 Å². The molecule has 3 aromatic rings. The lowest BCUT2D eigenvalue weighted by Crippen LogP contribution is -2.59. The number of aromatic nitrogens is 1. The van der Waals surface area contributed by atoms with Gasteiger partial charge in [-0.2, -0.15) is 0 Å². The van der Waals surface area contributed by atoms with Gasteiger partial charge in [-0.3, -0.25) is 9.69 Å². The van der Waals surface area contributed by atoms with E-state index in [2.05, 4.69) is 34.3 Å². The molecule has 8 heteroatoms. The fourth-order valence-corrected chi connectivity index (χ4v) is 6.55. The van der Waals surface area contributed by atoms with Crippen LogP contribution in [-0.4, -0.2) is 46.2 Å². The minimum absolute atomic E-state index is 0.118. The molecular formula is C31H36ClN3O4. The van der Waals surface area contributed by atoms with Gasteiger partial charge in [0.2, 0.25) is 0 Å². The molecule has 1 saturated carbocycles. The van der Waals surface area contributed by atoms with Gasteiger partial charge in [0.1, 0.15) is 17.0 Å². The summed E-state index contributed by atoms with van der Waals surface area (Å²) in [6, 6.07) is 17.6. The zero-order chi connectivity index (χ0) is 27.5. The summed E-state index contributed by atoms with van der Waals surface area (Å²) in [6.45, 7) is 3.72. The highest BCUT2D eigenvalue weighted by Gasteiger charge is 2.51. The minimum Gasteiger partial charge on any atom is -0.445 e. The fraction of sp³-hybridized carbons (Fsp3) is 0.452. The number of carbonyl (C=O) groups is 2. The first-order valence-electron chi connectivity index (χ1n) is 13.9. The summed E-state index contributed by atoms with van der Waals surface area (Å²) in [5.74, 6) is -0.991. The summed E-state index contributed by atoms with van der Waals surface area (Å²) < 4.78 is 11.4. The third kappa shape index (κ3) is 5.61. The highest BCUT2D eigenvalue weighted by molar-refractivity contribution is 6.33. The van der Waals surface area contributed by atoms with E-state index < -0.39 is 17.5 Å². The number of primary amides is 1. The molecule has 39 heavy (non-hydrogen) atoms. The number of carbonyl (C=O) groups excluding carboxylic acids is 2. The lowest BCUT2D eigenvalue weighted by Gasteiger charge is -2.50. The predicted octanol–water partition coefficient (Wildman–Crippen LogP) is 6.12. The van der Waals surface area contributed by atoms with Crippen molar-refractivity contribution < 1.29 is 18.8 Å². The standard InChI is InChI=1S/C31H36ClN3O4/c1-22-26(27(34-39-22)24-13-7-8-14-25(24)32)28(36)38-31(29(33)37)17-15-30(16-18-31,21-23-11-5-4-6-12-23)35-19-9-2-3-10-20-35/h4-8,11-14H,2-3,9-10,15-21H2,1H3,(H2,33,37). The Bertz CT molecular complexity index is 1310. The maximum Gasteiger partial charge on any atom is 0.345 e. The van der Waals surface area contributed by atoms with Crippen LogP contribution in [0.1, 0.15) is 73.0 Å². The van der Waals surface area contributed by atoms with Gasteiger partial charge < -0.3 is 15.0 Å². The number of esters is 1. The Labute approximate surface area is 234 Å². The maximum atomic E-state index is 13.6. The van der Waals surface area contributed by atoms with Crippen LogP contribution in [0.4, 0.5) is 0 Å². The van der Waals surface area contributed by atoms with Crippen molar-refractivity contribution in [3.05, 3.63) is 76.5 Å². The van der Waals surface area contributed by atoms with Crippen molar-refractivity contribution in [2.24, 2.45) is 5.73 Å². The van der Waals surface area contributed by atoms with E-state index in [0.717, 1.165) is 19.5 Å². The number of hydrogen-bond donors (Lipinski definition) is 1. The molecule has 1 amide bonds. The Morgan fingerprint density at radius 1 is 0.974 bits per heavy atom. The molecular weight excluding hydrogens is 514 g/mol. The second-order valence-electron chi connectivity index (χ2n) is 11.0. The van der Waals surface area contributed by atoms with Crippen molar-refractivity contribution in [2.45, 2.75) is 75.9 Å². The molecule has 0 spiro atoms. The summed E-state index contributed by atoms with van der Waals surface area (Å²) in [7, 11) is 0. The summed E-state index contributed by atoms with van der Waals surface area (Å²) in [6.07, 6.45) is 7.86. The van der Waals surface area contributed by atoms with Gasteiger partial charge >= 0.3 is 5.97 Å². The quantitative estimate of drug-likeness (QED) is 0.357. The van der Waals surface area contributed by atoms with Crippen LogP contribution in [-0.2, 0) is 16.0 Å². The van der Waals surface area contributed by atoms with E-state index in [0.29, 0.717) is 47.7 Å². The largest absolute Gasteiger partial charge is 0.445 e. The molecule has 7 nitrogen and oxygen atoms in total. The predicted molar refractivity (Wildman–Crippen MR) is 150 cm³/mol. The van der Waals surface area contributed by atoms with Gasteiger partial charge in [0, 0.05) is 11.1 Å².